The number of phenols is 1. The average molecular weight is 487 g/mol. The number of rotatable bonds is 4. The number of phenolic OH excluding ortho intramolecular Hbond substituents is 1. The zero-order valence-corrected chi connectivity index (χ0v) is 19.6. The Morgan fingerprint density at radius 1 is 0.771 bits per heavy atom. The fourth-order valence-electron chi connectivity index (χ4n) is 4.16. The number of hydrogen-bond acceptors (Lipinski definition) is 4. The smallest absolute Gasteiger partial charge is 0.272 e. The molecular weight excluding hydrogens is 464 g/mol. The quantitative estimate of drug-likeness (QED) is 0.461. The van der Waals surface area contributed by atoms with Crippen LogP contribution in [0.2, 0.25) is 5.02 Å². The summed E-state index contributed by atoms with van der Waals surface area (Å²) in [6.07, 6.45) is 0. The maximum atomic E-state index is 13.6. The standard InChI is InChI=1S/C27H23ClN4O3/c28-20-12-10-19(11-13-20)23-18-24(32(29-23)21-6-2-1-3-7-21)27(35)31-16-14-30(15-17-31)26(34)22-8-4-5-9-25(22)33/h1-13,18,33H,14-17H2. The van der Waals surface area contributed by atoms with Crippen molar-refractivity contribution < 1.29 is 14.7 Å². The van der Waals surface area contributed by atoms with Crippen molar-refractivity contribution in [2.24, 2.45) is 0 Å². The van der Waals surface area contributed by atoms with Crippen molar-refractivity contribution in [2.75, 3.05) is 26.2 Å². The number of benzene rings is 3. The van der Waals surface area contributed by atoms with Gasteiger partial charge in [-0.15, -0.1) is 0 Å². The summed E-state index contributed by atoms with van der Waals surface area (Å²) in [6.45, 7) is 1.52. The predicted octanol–water partition coefficient (Wildman–Crippen LogP) is 4.50. The van der Waals surface area contributed by atoms with Crippen LogP contribution < -0.4 is 0 Å². The predicted molar refractivity (Wildman–Crippen MR) is 134 cm³/mol. The lowest BCUT2D eigenvalue weighted by Gasteiger charge is -2.34. The molecule has 1 aromatic heterocycles. The van der Waals surface area contributed by atoms with Crippen molar-refractivity contribution in [1.82, 2.24) is 19.6 Å². The van der Waals surface area contributed by atoms with Crippen LogP contribution in [0.3, 0.4) is 0 Å². The summed E-state index contributed by atoms with van der Waals surface area (Å²) in [5.74, 6) is -0.441. The first kappa shape index (κ1) is 22.7. The van der Waals surface area contributed by atoms with E-state index in [4.69, 9.17) is 16.7 Å². The van der Waals surface area contributed by atoms with Crippen molar-refractivity contribution in [2.45, 2.75) is 0 Å². The Morgan fingerprint density at radius 3 is 2.03 bits per heavy atom. The molecule has 0 aliphatic carbocycles. The van der Waals surface area contributed by atoms with Crippen LogP contribution in [0, 0.1) is 0 Å². The molecule has 0 radical (unpaired) electrons. The summed E-state index contributed by atoms with van der Waals surface area (Å²) < 4.78 is 1.66. The van der Waals surface area contributed by atoms with Crippen LogP contribution in [0.4, 0.5) is 0 Å². The third kappa shape index (κ3) is 4.63. The van der Waals surface area contributed by atoms with E-state index in [1.54, 1.807) is 50.9 Å². The molecule has 0 spiro atoms. The van der Waals surface area contributed by atoms with E-state index in [0.29, 0.717) is 42.6 Å². The van der Waals surface area contributed by atoms with Crippen molar-refractivity contribution in [3.8, 4) is 22.7 Å². The highest BCUT2D eigenvalue weighted by Crippen LogP contribution is 2.25. The number of nitrogens with zero attached hydrogens (tertiary/aromatic N) is 4. The Balaban J connectivity index is 1.39. The Hall–Kier alpha value is -4.10. The number of amides is 2. The molecule has 5 rings (SSSR count). The molecule has 1 aliphatic heterocycles. The highest BCUT2D eigenvalue weighted by molar-refractivity contribution is 6.30. The summed E-state index contributed by atoms with van der Waals surface area (Å²) in [7, 11) is 0. The molecule has 0 atom stereocenters. The van der Waals surface area contributed by atoms with E-state index in [1.807, 2.05) is 42.5 Å². The Bertz CT molecular complexity index is 1360. The second kappa shape index (κ2) is 9.64. The number of para-hydroxylation sites is 2. The van der Waals surface area contributed by atoms with Gasteiger partial charge in [0.15, 0.2) is 0 Å². The van der Waals surface area contributed by atoms with E-state index in [-0.39, 0.29) is 23.1 Å². The van der Waals surface area contributed by atoms with E-state index >= 15 is 0 Å². The molecule has 1 fully saturated rings. The maximum absolute atomic E-state index is 13.6. The van der Waals surface area contributed by atoms with Crippen molar-refractivity contribution >= 4 is 23.4 Å². The number of carbonyl (C=O) groups excluding carboxylic acids is 2. The summed E-state index contributed by atoms with van der Waals surface area (Å²) in [6, 6.07) is 25.1. The third-order valence-electron chi connectivity index (χ3n) is 6.06. The monoisotopic (exact) mass is 486 g/mol. The van der Waals surface area contributed by atoms with Crippen LogP contribution in [0.5, 0.6) is 5.75 Å². The van der Waals surface area contributed by atoms with Gasteiger partial charge in [0.1, 0.15) is 11.4 Å². The fraction of sp³-hybridized carbons (Fsp3) is 0.148. The van der Waals surface area contributed by atoms with E-state index < -0.39 is 0 Å². The van der Waals surface area contributed by atoms with Gasteiger partial charge in [0.25, 0.3) is 11.8 Å². The van der Waals surface area contributed by atoms with E-state index in [9.17, 15) is 14.7 Å². The first-order chi connectivity index (χ1) is 17.0. The highest BCUT2D eigenvalue weighted by atomic mass is 35.5. The van der Waals surface area contributed by atoms with Crippen LogP contribution in [0.1, 0.15) is 20.8 Å². The summed E-state index contributed by atoms with van der Waals surface area (Å²) >= 11 is 6.04. The van der Waals surface area contributed by atoms with Crippen LogP contribution in [0.15, 0.2) is 84.9 Å². The van der Waals surface area contributed by atoms with Gasteiger partial charge in [-0.25, -0.2) is 4.68 Å². The van der Waals surface area contributed by atoms with Gasteiger partial charge in [-0.05, 0) is 42.5 Å². The second-order valence-corrected chi connectivity index (χ2v) is 8.71. The first-order valence-electron chi connectivity index (χ1n) is 11.3. The molecule has 1 N–H and O–H groups in total. The number of aromatic nitrogens is 2. The van der Waals surface area contributed by atoms with Crippen molar-refractivity contribution in [1.29, 1.82) is 0 Å². The minimum Gasteiger partial charge on any atom is -0.507 e. The van der Waals surface area contributed by atoms with Gasteiger partial charge in [0.2, 0.25) is 0 Å². The topological polar surface area (TPSA) is 78.7 Å². The lowest BCUT2D eigenvalue weighted by Crippen LogP contribution is -2.50. The molecule has 2 heterocycles. The molecule has 3 aromatic carbocycles. The number of aromatic hydroxyl groups is 1. The van der Waals surface area contributed by atoms with Gasteiger partial charge < -0.3 is 14.9 Å². The lowest BCUT2D eigenvalue weighted by atomic mass is 10.1. The molecular formula is C27H23ClN4O3. The van der Waals surface area contributed by atoms with E-state index in [1.165, 1.54) is 6.07 Å². The van der Waals surface area contributed by atoms with Crippen molar-refractivity contribution in [3.05, 3.63) is 101 Å². The summed E-state index contributed by atoms with van der Waals surface area (Å²) in [5, 5.41) is 15.4. The summed E-state index contributed by atoms with van der Waals surface area (Å²) in [5.41, 5.74) is 3.02. The molecule has 35 heavy (non-hydrogen) atoms. The molecule has 0 bridgehead atoms. The normalized spacial score (nSPS) is 13.6. The molecule has 2 amide bonds. The average Bonchev–Trinajstić information content (AvgIpc) is 3.35. The maximum Gasteiger partial charge on any atom is 0.272 e. The van der Waals surface area contributed by atoms with Crippen LogP contribution >= 0.6 is 11.6 Å². The van der Waals surface area contributed by atoms with Crippen molar-refractivity contribution in [3.63, 3.8) is 0 Å². The molecule has 176 valence electrons. The number of hydrogen-bond donors (Lipinski definition) is 1. The van der Waals surface area contributed by atoms with Gasteiger partial charge >= 0.3 is 0 Å². The SMILES string of the molecule is O=C(c1ccccc1O)N1CCN(C(=O)c2cc(-c3ccc(Cl)cc3)nn2-c2ccccc2)CC1. The summed E-state index contributed by atoms with van der Waals surface area (Å²) in [4.78, 5) is 29.8. The first-order valence-corrected chi connectivity index (χ1v) is 11.7. The molecule has 7 nitrogen and oxygen atoms in total. The van der Waals surface area contributed by atoms with Crippen LogP contribution in [-0.4, -0.2) is 62.7 Å². The zero-order valence-electron chi connectivity index (χ0n) is 18.8. The lowest BCUT2D eigenvalue weighted by molar-refractivity contribution is 0.0528. The van der Waals surface area contributed by atoms with E-state index in [2.05, 4.69) is 0 Å². The zero-order chi connectivity index (χ0) is 24.4. The molecule has 8 heteroatoms. The fourth-order valence-corrected chi connectivity index (χ4v) is 4.29. The van der Waals surface area contributed by atoms with Crippen LogP contribution in [0.25, 0.3) is 16.9 Å². The van der Waals surface area contributed by atoms with Gasteiger partial charge in [0.05, 0.1) is 16.9 Å². The minimum atomic E-state index is -0.241. The third-order valence-corrected chi connectivity index (χ3v) is 6.31. The van der Waals surface area contributed by atoms with Gasteiger partial charge in [-0.3, -0.25) is 9.59 Å². The molecule has 1 saturated heterocycles. The second-order valence-electron chi connectivity index (χ2n) is 8.27. The van der Waals surface area contributed by atoms with Crippen LogP contribution in [-0.2, 0) is 0 Å². The molecule has 0 saturated carbocycles. The number of carbonyl (C=O) groups is 2. The molecule has 4 aromatic rings. The minimum absolute atomic E-state index is 0.0440. The molecule has 1 aliphatic rings. The number of halogens is 1. The number of piperazine rings is 1. The highest BCUT2D eigenvalue weighted by Gasteiger charge is 2.29. The molecule has 0 unspecified atom stereocenters. The van der Waals surface area contributed by atoms with Gasteiger partial charge in [-0.1, -0.05) is 54.1 Å². The van der Waals surface area contributed by atoms with E-state index in [0.717, 1.165) is 11.3 Å². The van der Waals surface area contributed by atoms with Gasteiger partial charge in [-0.2, -0.15) is 5.10 Å². The Labute approximate surface area is 207 Å². The largest absolute Gasteiger partial charge is 0.507 e. The Kier molecular flexibility index (Phi) is 6.25. The Morgan fingerprint density at radius 2 is 1.37 bits per heavy atom. The van der Waals surface area contributed by atoms with Gasteiger partial charge in [0, 0.05) is 36.8 Å².